The Bertz CT molecular complexity index is 764. The zero-order chi connectivity index (χ0) is 19.1. The molecule has 2 heterocycles. The van der Waals surface area contributed by atoms with Crippen LogP contribution in [0.2, 0.25) is 0 Å². The van der Waals surface area contributed by atoms with E-state index in [-0.39, 0.29) is 6.61 Å². The normalized spacial score (nSPS) is 15.7. The standard InChI is InChI=1S/C10H11NO2S.C10H13NOS/c12-10(13)8-2-1-5-11-9(8)14-6-7-3-4-7;12-6-9-2-1-5-11-10(9)13-7-8-3-4-8/h1-2,5,7H,3-4,6H2,(H,12,13);1-2,5,8,12H,3-4,6-7H2. The van der Waals surface area contributed by atoms with Gasteiger partial charge in [-0.1, -0.05) is 6.07 Å². The van der Waals surface area contributed by atoms with Gasteiger partial charge in [-0.05, 0) is 55.7 Å². The maximum atomic E-state index is 10.8. The second-order valence-electron chi connectivity index (χ2n) is 6.80. The van der Waals surface area contributed by atoms with Gasteiger partial charge in [-0.15, -0.1) is 23.5 Å². The van der Waals surface area contributed by atoms with E-state index in [0.29, 0.717) is 10.6 Å². The first-order valence-corrected chi connectivity index (χ1v) is 11.1. The third-order valence-corrected chi connectivity index (χ3v) is 6.84. The predicted molar refractivity (Wildman–Crippen MR) is 108 cm³/mol. The van der Waals surface area contributed by atoms with Gasteiger partial charge in [0.15, 0.2) is 0 Å². The zero-order valence-corrected chi connectivity index (χ0v) is 16.7. The number of hydrogen-bond donors (Lipinski definition) is 2. The molecule has 0 atom stereocenters. The van der Waals surface area contributed by atoms with Gasteiger partial charge in [0, 0.05) is 29.5 Å². The Balaban J connectivity index is 0.000000156. The van der Waals surface area contributed by atoms with Crippen molar-refractivity contribution in [3.63, 3.8) is 0 Å². The highest BCUT2D eigenvalue weighted by atomic mass is 32.2. The molecule has 27 heavy (non-hydrogen) atoms. The van der Waals surface area contributed by atoms with Crippen LogP contribution in [0.15, 0.2) is 46.7 Å². The van der Waals surface area contributed by atoms with Crippen molar-refractivity contribution in [1.82, 2.24) is 9.97 Å². The van der Waals surface area contributed by atoms with E-state index in [4.69, 9.17) is 10.2 Å². The van der Waals surface area contributed by atoms with E-state index < -0.39 is 5.97 Å². The summed E-state index contributed by atoms with van der Waals surface area (Å²) in [5.41, 5.74) is 1.27. The highest BCUT2D eigenvalue weighted by molar-refractivity contribution is 7.99. The maximum absolute atomic E-state index is 10.8. The lowest BCUT2D eigenvalue weighted by Crippen LogP contribution is -2.00. The molecule has 0 radical (unpaired) electrons. The fourth-order valence-corrected chi connectivity index (χ4v) is 4.66. The SMILES string of the molecule is O=C(O)c1cccnc1SCC1CC1.OCc1cccnc1SCC1CC1. The van der Waals surface area contributed by atoms with Gasteiger partial charge in [0.05, 0.1) is 12.2 Å². The summed E-state index contributed by atoms with van der Waals surface area (Å²) >= 11 is 3.33. The molecule has 5 nitrogen and oxygen atoms in total. The lowest BCUT2D eigenvalue weighted by atomic mass is 10.3. The third-order valence-electron chi connectivity index (χ3n) is 4.33. The molecule has 2 aliphatic carbocycles. The minimum absolute atomic E-state index is 0.0981. The number of hydrogen-bond acceptors (Lipinski definition) is 6. The number of carboxylic acid groups (broad SMARTS) is 1. The molecule has 2 aromatic heterocycles. The summed E-state index contributed by atoms with van der Waals surface area (Å²) in [5, 5.41) is 19.6. The quantitative estimate of drug-likeness (QED) is 0.633. The molecule has 0 saturated heterocycles. The molecule has 0 amide bonds. The smallest absolute Gasteiger partial charge is 0.338 e. The monoisotopic (exact) mass is 404 g/mol. The Morgan fingerprint density at radius 3 is 2.07 bits per heavy atom. The molecule has 2 fully saturated rings. The number of aliphatic hydroxyl groups is 1. The lowest BCUT2D eigenvalue weighted by Gasteiger charge is -2.03. The predicted octanol–water partition coefficient (Wildman–Crippen LogP) is 4.36. The minimum atomic E-state index is -0.892. The molecule has 2 aromatic rings. The Hall–Kier alpha value is -1.57. The number of pyridine rings is 2. The van der Waals surface area contributed by atoms with Crippen LogP contribution in [0.3, 0.4) is 0 Å². The third kappa shape index (κ3) is 6.83. The van der Waals surface area contributed by atoms with Crippen molar-refractivity contribution in [3.05, 3.63) is 47.8 Å². The number of aliphatic hydroxyl groups excluding tert-OH is 1. The van der Waals surface area contributed by atoms with E-state index in [2.05, 4.69) is 9.97 Å². The van der Waals surface area contributed by atoms with Gasteiger partial charge < -0.3 is 10.2 Å². The van der Waals surface area contributed by atoms with Crippen molar-refractivity contribution in [2.75, 3.05) is 11.5 Å². The summed E-state index contributed by atoms with van der Waals surface area (Å²) in [6.07, 6.45) is 8.73. The summed E-state index contributed by atoms with van der Waals surface area (Å²) in [6.45, 7) is 0.0981. The van der Waals surface area contributed by atoms with Crippen molar-refractivity contribution in [1.29, 1.82) is 0 Å². The number of carbonyl (C=O) groups is 1. The molecule has 0 unspecified atom stereocenters. The van der Waals surface area contributed by atoms with Crippen molar-refractivity contribution in [2.24, 2.45) is 11.8 Å². The molecule has 0 aliphatic heterocycles. The van der Waals surface area contributed by atoms with Crippen LogP contribution in [0, 0.1) is 11.8 Å². The van der Waals surface area contributed by atoms with Crippen LogP contribution >= 0.6 is 23.5 Å². The molecule has 0 spiro atoms. The Labute approximate surface area is 168 Å². The number of thioether (sulfide) groups is 2. The van der Waals surface area contributed by atoms with E-state index in [0.717, 1.165) is 33.9 Å². The Morgan fingerprint density at radius 1 is 0.963 bits per heavy atom. The van der Waals surface area contributed by atoms with E-state index in [1.807, 2.05) is 12.1 Å². The molecule has 2 saturated carbocycles. The highest BCUT2D eigenvalue weighted by Gasteiger charge is 2.23. The number of rotatable bonds is 8. The van der Waals surface area contributed by atoms with Crippen LogP contribution in [0.1, 0.15) is 41.6 Å². The largest absolute Gasteiger partial charge is 0.478 e. The van der Waals surface area contributed by atoms with E-state index in [1.54, 1.807) is 48.1 Å². The van der Waals surface area contributed by atoms with Crippen LogP contribution in [0.5, 0.6) is 0 Å². The van der Waals surface area contributed by atoms with Crippen LogP contribution in [-0.4, -0.2) is 37.7 Å². The molecule has 0 aromatic carbocycles. The van der Waals surface area contributed by atoms with E-state index in [9.17, 15) is 4.79 Å². The summed E-state index contributed by atoms with van der Waals surface area (Å²) in [6, 6.07) is 7.06. The summed E-state index contributed by atoms with van der Waals surface area (Å²) in [4.78, 5) is 19.2. The van der Waals surface area contributed by atoms with Gasteiger partial charge in [-0.2, -0.15) is 0 Å². The fourth-order valence-electron chi connectivity index (χ4n) is 2.31. The van der Waals surface area contributed by atoms with Crippen LogP contribution in [0.4, 0.5) is 0 Å². The van der Waals surface area contributed by atoms with Crippen LogP contribution < -0.4 is 0 Å². The first kappa shape index (κ1) is 20.2. The van der Waals surface area contributed by atoms with Crippen LogP contribution in [0.25, 0.3) is 0 Å². The number of nitrogens with zero attached hydrogens (tertiary/aromatic N) is 2. The first-order valence-electron chi connectivity index (χ1n) is 9.16. The number of carboxylic acids is 1. The molecule has 2 aliphatic rings. The molecule has 144 valence electrons. The van der Waals surface area contributed by atoms with Crippen molar-refractivity contribution < 1.29 is 15.0 Å². The molecule has 2 N–H and O–H groups in total. The highest BCUT2D eigenvalue weighted by Crippen LogP contribution is 2.36. The van der Waals surface area contributed by atoms with Gasteiger partial charge in [0.25, 0.3) is 0 Å². The average molecular weight is 405 g/mol. The summed E-state index contributed by atoms with van der Waals surface area (Å²) < 4.78 is 0. The summed E-state index contributed by atoms with van der Waals surface area (Å²) in [5.74, 6) is 2.94. The topological polar surface area (TPSA) is 83.3 Å². The maximum Gasteiger partial charge on any atom is 0.338 e. The number of aromatic nitrogens is 2. The van der Waals surface area contributed by atoms with Gasteiger partial charge in [0.1, 0.15) is 10.1 Å². The molecule has 7 heteroatoms. The zero-order valence-electron chi connectivity index (χ0n) is 15.1. The molecule has 0 bridgehead atoms. The van der Waals surface area contributed by atoms with Crippen molar-refractivity contribution in [3.8, 4) is 0 Å². The van der Waals surface area contributed by atoms with E-state index >= 15 is 0 Å². The van der Waals surface area contributed by atoms with Gasteiger partial charge in [0.2, 0.25) is 0 Å². The van der Waals surface area contributed by atoms with Gasteiger partial charge in [-0.25, -0.2) is 14.8 Å². The molecule has 4 rings (SSSR count). The average Bonchev–Trinajstić information content (AvgIpc) is 3.60. The second kappa shape index (κ2) is 10.1. The summed E-state index contributed by atoms with van der Waals surface area (Å²) in [7, 11) is 0. The first-order chi connectivity index (χ1) is 13.2. The minimum Gasteiger partial charge on any atom is -0.478 e. The van der Waals surface area contributed by atoms with Crippen molar-refractivity contribution >= 4 is 29.5 Å². The van der Waals surface area contributed by atoms with Crippen molar-refractivity contribution in [2.45, 2.75) is 42.3 Å². The molecular formula is C20H24N2O3S2. The van der Waals surface area contributed by atoms with E-state index in [1.165, 1.54) is 25.7 Å². The lowest BCUT2D eigenvalue weighted by molar-refractivity contribution is 0.0692. The second-order valence-corrected chi connectivity index (χ2v) is 8.81. The van der Waals surface area contributed by atoms with Gasteiger partial charge in [-0.3, -0.25) is 0 Å². The Morgan fingerprint density at radius 2 is 1.52 bits per heavy atom. The Kier molecular flexibility index (Phi) is 7.55. The fraction of sp³-hybridized carbons (Fsp3) is 0.450. The molecular weight excluding hydrogens is 380 g/mol. The van der Waals surface area contributed by atoms with Gasteiger partial charge >= 0.3 is 5.97 Å². The van der Waals surface area contributed by atoms with Crippen LogP contribution in [-0.2, 0) is 6.61 Å². The number of aromatic carboxylic acids is 1.